The first-order valence-electron chi connectivity index (χ1n) is 10.1. The van der Waals surface area contributed by atoms with Gasteiger partial charge in [-0.3, -0.25) is 9.98 Å². The second-order valence-corrected chi connectivity index (χ2v) is 6.95. The largest absolute Gasteiger partial charge is 2.00 e. The number of rotatable bonds is 5. The van der Waals surface area contributed by atoms with Gasteiger partial charge in [-0.2, -0.15) is 0 Å². The van der Waals surface area contributed by atoms with Gasteiger partial charge in [0.2, 0.25) is 0 Å². The van der Waals surface area contributed by atoms with Gasteiger partial charge < -0.3 is 24.8 Å². The maximum atomic E-state index is 5.11. The van der Waals surface area contributed by atoms with Crippen LogP contribution in [0.15, 0.2) is 65.8 Å². The van der Waals surface area contributed by atoms with Crippen LogP contribution in [0.2, 0.25) is 0 Å². The molecule has 0 bridgehead atoms. The fourth-order valence-corrected chi connectivity index (χ4v) is 3.70. The Labute approximate surface area is 207 Å². The summed E-state index contributed by atoms with van der Waals surface area (Å²) in [6, 6.07) is 19.0. The van der Waals surface area contributed by atoms with Gasteiger partial charge in [0.05, 0.1) is 28.1 Å². The van der Waals surface area contributed by atoms with Crippen LogP contribution in [0.4, 0.5) is 5.69 Å². The van der Waals surface area contributed by atoms with Crippen LogP contribution < -0.4 is 24.8 Å². The van der Waals surface area contributed by atoms with Crippen molar-refractivity contribution in [2.45, 2.75) is 40.0 Å². The van der Waals surface area contributed by atoms with Crippen molar-refractivity contribution in [3.63, 3.8) is 0 Å². The van der Waals surface area contributed by atoms with Gasteiger partial charge in [0.1, 0.15) is 0 Å². The maximum Gasteiger partial charge on any atom is 2.00 e. The van der Waals surface area contributed by atoms with E-state index in [0.717, 1.165) is 58.2 Å². The van der Waals surface area contributed by atoms with Crippen molar-refractivity contribution in [1.82, 2.24) is 9.97 Å². The quantitative estimate of drug-likeness (QED) is 0.230. The zero-order valence-electron chi connectivity index (χ0n) is 17.8. The van der Waals surface area contributed by atoms with Gasteiger partial charge in [0.15, 0.2) is 0 Å². The summed E-state index contributed by atoms with van der Waals surface area (Å²) in [6.45, 7) is 6.52. The molecule has 2 heterocycles. The zero-order chi connectivity index (χ0) is 19.5. The smallest absolute Gasteiger partial charge is 1.00 e. The molecule has 162 valence electrons. The predicted molar refractivity (Wildman–Crippen MR) is 119 cm³/mol. The predicted octanol–water partition coefficient (Wildman–Crippen LogP) is 0.444. The fourth-order valence-electron chi connectivity index (χ4n) is 3.70. The van der Waals surface area contributed by atoms with Crippen LogP contribution in [0.25, 0.3) is 21.8 Å². The molecule has 0 aliphatic carbocycles. The van der Waals surface area contributed by atoms with Gasteiger partial charge in [-0.25, -0.2) is 4.98 Å². The molecular weight excluding hydrogens is 469 g/mol. The van der Waals surface area contributed by atoms with E-state index in [1.165, 1.54) is 11.1 Å². The van der Waals surface area contributed by atoms with E-state index in [1.54, 1.807) is 0 Å². The van der Waals surface area contributed by atoms with Crippen molar-refractivity contribution in [2.24, 2.45) is 4.99 Å². The molecule has 4 aromatic rings. The van der Waals surface area contributed by atoms with Crippen molar-refractivity contribution in [1.29, 1.82) is 0 Å². The van der Waals surface area contributed by atoms with E-state index in [2.05, 4.69) is 74.3 Å². The molecule has 6 heteroatoms. The first-order valence-corrected chi connectivity index (χ1v) is 10.1. The van der Waals surface area contributed by atoms with E-state index in [-0.39, 0.29) is 41.9 Å². The molecule has 2 aromatic heterocycles. The normalized spacial score (nSPS) is 10.9. The minimum atomic E-state index is 0. The number of halogens is 2. The van der Waals surface area contributed by atoms with Crippen LogP contribution in [0.5, 0.6) is 0 Å². The Bertz CT molecular complexity index is 1170. The summed E-state index contributed by atoms with van der Waals surface area (Å²) < 4.78 is 0. The average molecular weight is 494 g/mol. The Morgan fingerprint density at radius 1 is 0.774 bits per heavy atom. The van der Waals surface area contributed by atoms with Crippen molar-refractivity contribution in [3.8, 4) is 0 Å². The van der Waals surface area contributed by atoms with Gasteiger partial charge >= 0.3 is 17.1 Å². The third-order valence-corrected chi connectivity index (χ3v) is 5.27. The van der Waals surface area contributed by atoms with Crippen molar-refractivity contribution >= 4 is 33.2 Å². The average Bonchev–Trinajstić information content (AvgIpc) is 2.76. The second kappa shape index (κ2) is 12.2. The molecule has 0 atom stereocenters. The van der Waals surface area contributed by atoms with Crippen LogP contribution in [-0.4, -0.2) is 15.7 Å². The summed E-state index contributed by atoms with van der Waals surface area (Å²) in [6.07, 6.45) is 4.61. The number of pyridine rings is 2. The molecule has 4 rings (SSSR count). The van der Waals surface area contributed by atoms with Crippen LogP contribution in [-0.2, 0) is 29.9 Å². The molecular formula is C25H25Cl2FeN3. The SMILES string of the molecule is CC/C(=N\c1c(CC)cccc1CC)c1ccc2ccc3cccnc3c2n1.[Cl-].[Cl-].[Fe+2]. The number of nitrogens with zero attached hydrogens (tertiary/aromatic N) is 3. The molecule has 0 spiro atoms. The Kier molecular flexibility index (Phi) is 10.6. The summed E-state index contributed by atoms with van der Waals surface area (Å²) in [5.74, 6) is 0. The minimum Gasteiger partial charge on any atom is -1.00 e. The molecule has 0 amide bonds. The van der Waals surface area contributed by atoms with Crippen molar-refractivity contribution in [3.05, 3.63) is 77.6 Å². The number of benzene rings is 2. The first-order chi connectivity index (χ1) is 13.7. The Balaban J connectivity index is 0.00000160. The molecule has 0 saturated heterocycles. The molecule has 0 aliphatic heterocycles. The maximum absolute atomic E-state index is 5.11. The third-order valence-electron chi connectivity index (χ3n) is 5.27. The molecule has 3 nitrogen and oxygen atoms in total. The molecule has 2 aromatic carbocycles. The second-order valence-electron chi connectivity index (χ2n) is 6.95. The van der Waals surface area contributed by atoms with Gasteiger partial charge in [0.25, 0.3) is 0 Å². The standard InChI is InChI=1S/C25H25N3.2ClH.Fe/c1-4-17-9-7-10-18(5-2)23(17)27-21(6-3)22-15-14-20-13-12-19-11-8-16-26-24(19)25(20)28-22;;;/h7-16H,4-6H2,1-3H3;2*1H;/q;;;+2/p-2/b27-21+;;;. The summed E-state index contributed by atoms with van der Waals surface area (Å²) in [5.41, 5.74) is 7.53. The fraction of sp³-hybridized carbons (Fsp3) is 0.240. The molecule has 0 unspecified atom stereocenters. The Morgan fingerprint density at radius 3 is 2.00 bits per heavy atom. The first kappa shape index (κ1) is 27.1. The Morgan fingerprint density at radius 2 is 1.39 bits per heavy atom. The van der Waals surface area contributed by atoms with E-state index in [1.807, 2.05) is 12.3 Å². The molecule has 0 radical (unpaired) electrons. The number of fused-ring (bicyclic) bond motifs is 3. The van der Waals surface area contributed by atoms with Crippen molar-refractivity contribution in [2.75, 3.05) is 0 Å². The van der Waals surface area contributed by atoms with E-state index in [4.69, 9.17) is 9.98 Å². The van der Waals surface area contributed by atoms with E-state index >= 15 is 0 Å². The number of aryl methyl sites for hydroxylation is 2. The van der Waals surface area contributed by atoms with Crippen LogP contribution in [0.1, 0.15) is 44.0 Å². The molecule has 0 aliphatic rings. The number of hydrogen-bond donors (Lipinski definition) is 0. The third kappa shape index (κ3) is 5.45. The molecule has 0 N–H and O–H groups in total. The van der Waals surface area contributed by atoms with Gasteiger partial charge in [-0.05, 0) is 42.5 Å². The summed E-state index contributed by atoms with van der Waals surface area (Å²) in [7, 11) is 0. The molecule has 0 saturated carbocycles. The zero-order valence-corrected chi connectivity index (χ0v) is 20.5. The number of aromatic nitrogens is 2. The van der Waals surface area contributed by atoms with Crippen LogP contribution >= 0.6 is 0 Å². The summed E-state index contributed by atoms with van der Waals surface area (Å²) in [5, 5.41) is 2.22. The van der Waals surface area contributed by atoms with Crippen molar-refractivity contribution < 1.29 is 41.9 Å². The van der Waals surface area contributed by atoms with E-state index in [0.29, 0.717) is 0 Å². The van der Waals surface area contributed by atoms with E-state index in [9.17, 15) is 0 Å². The molecule has 0 fully saturated rings. The van der Waals surface area contributed by atoms with Gasteiger partial charge in [-0.1, -0.05) is 63.2 Å². The van der Waals surface area contributed by atoms with Gasteiger partial charge in [-0.15, -0.1) is 0 Å². The minimum absolute atomic E-state index is 0. The summed E-state index contributed by atoms with van der Waals surface area (Å²) in [4.78, 5) is 14.7. The van der Waals surface area contributed by atoms with E-state index < -0.39 is 0 Å². The Hall–Kier alpha value is -1.97. The monoisotopic (exact) mass is 493 g/mol. The topological polar surface area (TPSA) is 38.1 Å². The molecule has 31 heavy (non-hydrogen) atoms. The number of hydrogen-bond acceptors (Lipinski definition) is 3. The van der Waals surface area contributed by atoms with Crippen LogP contribution in [0, 0.1) is 0 Å². The summed E-state index contributed by atoms with van der Waals surface area (Å²) >= 11 is 0. The van der Waals surface area contributed by atoms with Gasteiger partial charge in [0, 0.05) is 17.0 Å². The van der Waals surface area contributed by atoms with Crippen LogP contribution in [0.3, 0.4) is 0 Å². The number of para-hydroxylation sites is 1. The number of aliphatic imine (C=N–C) groups is 1.